The fourth-order valence-corrected chi connectivity index (χ4v) is 3.88. The molecular weight excluding hydrogens is 320 g/mol. The lowest BCUT2D eigenvalue weighted by Crippen LogP contribution is -2.30. The number of aryl methyl sites for hydroxylation is 1. The molecule has 0 saturated carbocycles. The van der Waals surface area contributed by atoms with E-state index in [0.717, 1.165) is 17.5 Å². The Kier molecular flexibility index (Phi) is 3.81. The highest BCUT2D eigenvalue weighted by Gasteiger charge is 2.38. The van der Waals surface area contributed by atoms with Crippen LogP contribution in [0.2, 0.25) is 0 Å². The highest BCUT2D eigenvalue weighted by Crippen LogP contribution is 2.41. The van der Waals surface area contributed by atoms with E-state index < -0.39 is 0 Å². The third kappa shape index (κ3) is 2.23. The molecule has 0 fully saturated rings. The summed E-state index contributed by atoms with van der Waals surface area (Å²) < 4.78 is 2.13. The number of halogens is 1. The van der Waals surface area contributed by atoms with Gasteiger partial charge in [0.2, 0.25) is 0 Å². The van der Waals surface area contributed by atoms with Gasteiger partial charge in [0, 0.05) is 47.7 Å². The first-order valence-electron chi connectivity index (χ1n) is 8.22. The van der Waals surface area contributed by atoms with Crippen LogP contribution in [0.5, 0.6) is 0 Å². The van der Waals surface area contributed by atoms with E-state index >= 15 is 0 Å². The maximum absolute atomic E-state index is 12.9. The molecule has 1 amide bonds. The fourth-order valence-electron chi connectivity index (χ4n) is 3.76. The maximum Gasteiger partial charge on any atom is 0.255 e. The predicted molar refractivity (Wildman–Crippen MR) is 97.6 cm³/mol. The van der Waals surface area contributed by atoms with E-state index in [1.54, 1.807) is 0 Å². The van der Waals surface area contributed by atoms with Crippen molar-refractivity contribution in [1.82, 2.24) is 9.47 Å². The van der Waals surface area contributed by atoms with Gasteiger partial charge in [-0.05, 0) is 24.1 Å². The number of nitrogens with zero attached hydrogens (tertiary/aromatic N) is 2. The zero-order valence-electron chi connectivity index (χ0n) is 13.6. The van der Waals surface area contributed by atoms with Crippen LogP contribution in [0.25, 0.3) is 10.9 Å². The molecule has 1 aromatic heterocycles. The number of carbonyl (C=O) groups excluding carboxylic acids is 1. The second kappa shape index (κ2) is 5.99. The number of benzene rings is 2. The number of para-hydroxylation sites is 1. The Morgan fingerprint density at radius 1 is 1.04 bits per heavy atom. The zero-order chi connectivity index (χ0) is 16.7. The molecule has 122 valence electrons. The minimum Gasteiger partial charge on any atom is -0.350 e. The van der Waals surface area contributed by atoms with Gasteiger partial charge in [-0.1, -0.05) is 36.4 Å². The molecule has 0 spiro atoms. The number of hydrogen-bond donors (Lipinski definition) is 0. The molecule has 0 bridgehead atoms. The predicted octanol–water partition coefficient (Wildman–Crippen LogP) is 4.35. The second-order valence-electron chi connectivity index (χ2n) is 6.24. The molecule has 0 radical (unpaired) electrons. The fraction of sp³-hybridized carbons (Fsp3) is 0.250. The Bertz CT molecular complexity index is 915. The molecule has 0 unspecified atom stereocenters. The highest BCUT2D eigenvalue weighted by molar-refractivity contribution is 6.17. The Balaban J connectivity index is 1.91. The van der Waals surface area contributed by atoms with E-state index in [1.807, 2.05) is 29.2 Å². The van der Waals surface area contributed by atoms with Gasteiger partial charge in [-0.2, -0.15) is 0 Å². The summed E-state index contributed by atoms with van der Waals surface area (Å²) in [4.78, 5) is 14.9. The third-order valence-electron chi connectivity index (χ3n) is 4.81. The largest absolute Gasteiger partial charge is 0.350 e. The molecular formula is C20H19ClN2O. The number of carbonyl (C=O) groups is 1. The van der Waals surface area contributed by atoms with Crippen molar-refractivity contribution in [2.45, 2.75) is 12.5 Å². The van der Waals surface area contributed by atoms with Gasteiger partial charge in [0.15, 0.2) is 0 Å². The quantitative estimate of drug-likeness (QED) is 0.649. The first-order valence-corrected chi connectivity index (χ1v) is 8.75. The Morgan fingerprint density at radius 2 is 1.79 bits per heavy atom. The molecule has 3 aromatic rings. The summed E-state index contributed by atoms with van der Waals surface area (Å²) >= 11 is 5.89. The third-order valence-corrected chi connectivity index (χ3v) is 5.08. The van der Waals surface area contributed by atoms with Crippen molar-refractivity contribution in [1.29, 1.82) is 0 Å². The Hall–Kier alpha value is -2.26. The van der Waals surface area contributed by atoms with Crippen molar-refractivity contribution >= 4 is 28.4 Å². The molecule has 1 aliphatic rings. The van der Waals surface area contributed by atoms with Crippen LogP contribution < -0.4 is 0 Å². The Morgan fingerprint density at radius 3 is 2.62 bits per heavy atom. The van der Waals surface area contributed by atoms with Crippen LogP contribution in [-0.4, -0.2) is 27.8 Å². The summed E-state index contributed by atoms with van der Waals surface area (Å²) in [5.41, 5.74) is 4.26. The number of aromatic nitrogens is 1. The lowest BCUT2D eigenvalue weighted by atomic mass is 9.97. The Labute approximate surface area is 146 Å². The number of amides is 1. The first kappa shape index (κ1) is 15.3. The average Bonchev–Trinajstić information content (AvgIpc) is 3.09. The monoisotopic (exact) mass is 338 g/mol. The van der Waals surface area contributed by atoms with Crippen LogP contribution in [0.1, 0.15) is 33.9 Å². The maximum atomic E-state index is 12.9. The van der Waals surface area contributed by atoms with Crippen LogP contribution in [0.4, 0.5) is 0 Å². The standard InChI is InChI=1S/C20H19ClN2O/c1-22-13-17(14-7-4-5-10-18(14)22)19-15-8-2-3-9-16(15)20(24)23(19)12-6-11-21/h2-5,7-10,13,19H,6,11-12H2,1H3/t19-/m0/s1. The molecule has 4 rings (SSSR count). The summed E-state index contributed by atoms with van der Waals surface area (Å²) in [6.45, 7) is 0.672. The molecule has 0 aliphatic carbocycles. The van der Waals surface area contributed by atoms with Crippen molar-refractivity contribution in [3.05, 3.63) is 71.4 Å². The van der Waals surface area contributed by atoms with Gasteiger partial charge < -0.3 is 9.47 Å². The van der Waals surface area contributed by atoms with E-state index in [-0.39, 0.29) is 11.9 Å². The van der Waals surface area contributed by atoms with Crippen LogP contribution in [0.15, 0.2) is 54.7 Å². The van der Waals surface area contributed by atoms with Gasteiger partial charge >= 0.3 is 0 Å². The van der Waals surface area contributed by atoms with Gasteiger partial charge in [0.05, 0.1) is 6.04 Å². The van der Waals surface area contributed by atoms with Crippen molar-refractivity contribution < 1.29 is 4.79 Å². The molecule has 4 heteroatoms. The van der Waals surface area contributed by atoms with Crippen molar-refractivity contribution in [2.75, 3.05) is 12.4 Å². The van der Waals surface area contributed by atoms with E-state index in [1.165, 1.54) is 16.5 Å². The van der Waals surface area contributed by atoms with E-state index in [4.69, 9.17) is 11.6 Å². The van der Waals surface area contributed by atoms with Crippen molar-refractivity contribution in [2.24, 2.45) is 7.05 Å². The van der Waals surface area contributed by atoms with Gasteiger partial charge in [-0.3, -0.25) is 4.79 Å². The van der Waals surface area contributed by atoms with E-state index in [9.17, 15) is 4.79 Å². The average molecular weight is 339 g/mol. The molecule has 1 atom stereocenters. The summed E-state index contributed by atoms with van der Waals surface area (Å²) in [6.07, 6.45) is 2.95. The van der Waals surface area contributed by atoms with Crippen molar-refractivity contribution in [3.8, 4) is 0 Å². The summed E-state index contributed by atoms with van der Waals surface area (Å²) in [5.74, 6) is 0.663. The number of rotatable bonds is 4. The lowest BCUT2D eigenvalue weighted by molar-refractivity contribution is 0.0751. The second-order valence-corrected chi connectivity index (χ2v) is 6.62. The van der Waals surface area contributed by atoms with E-state index in [2.05, 4.69) is 42.1 Å². The SMILES string of the molecule is Cn1cc([C@@H]2c3ccccc3C(=O)N2CCCCl)c2ccccc21. The van der Waals surface area contributed by atoms with Crippen LogP contribution in [-0.2, 0) is 7.05 Å². The normalized spacial score (nSPS) is 16.8. The first-order chi connectivity index (χ1) is 11.7. The van der Waals surface area contributed by atoms with Gasteiger partial charge in [0.1, 0.15) is 0 Å². The van der Waals surface area contributed by atoms with Crippen LogP contribution in [0.3, 0.4) is 0 Å². The van der Waals surface area contributed by atoms with Gasteiger partial charge in [0.25, 0.3) is 5.91 Å². The number of fused-ring (bicyclic) bond motifs is 2. The van der Waals surface area contributed by atoms with Gasteiger partial charge in [-0.15, -0.1) is 11.6 Å². The topological polar surface area (TPSA) is 25.2 Å². The zero-order valence-corrected chi connectivity index (χ0v) is 14.3. The summed E-state index contributed by atoms with van der Waals surface area (Å²) in [5, 5.41) is 1.20. The molecule has 2 heterocycles. The molecule has 0 saturated heterocycles. The van der Waals surface area contributed by atoms with Crippen LogP contribution in [0, 0.1) is 0 Å². The molecule has 0 N–H and O–H groups in total. The molecule has 3 nitrogen and oxygen atoms in total. The van der Waals surface area contributed by atoms with Crippen LogP contribution >= 0.6 is 11.6 Å². The minimum atomic E-state index is -0.0389. The summed E-state index contributed by atoms with van der Waals surface area (Å²) in [7, 11) is 2.05. The lowest BCUT2D eigenvalue weighted by Gasteiger charge is -2.25. The van der Waals surface area contributed by atoms with Crippen molar-refractivity contribution in [3.63, 3.8) is 0 Å². The van der Waals surface area contributed by atoms with Gasteiger partial charge in [-0.25, -0.2) is 0 Å². The van der Waals surface area contributed by atoms with E-state index in [0.29, 0.717) is 12.4 Å². The molecule has 24 heavy (non-hydrogen) atoms. The number of hydrogen-bond acceptors (Lipinski definition) is 1. The molecule has 2 aromatic carbocycles. The molecule has 1 aliphatic heterocycles. The smallest absolute Gasteiger partial charge is 0.255 e. The highest BCUT2D eigenvalue weighted by atomic mass is 35.5. The number of alkyl halides is 1. The summed E-state index contributed by atoms with van der Waals surface area (Å²) in [6, 6.07) is 16.3. The minimum absolute atomic E-state index is 0.0389.